The second kappa shape index (κ2) is 9.44. The third-order valence-electron chi connectivity index (χ3n) is 2.43. The van der Waals surface area contributed by atoms with Gasteiger partial charge in [0.25, 0.3) is 5.91 Å². The molecule has 0 aromatic carbocycles. The summed E-state index contributed by atoms with van der Waals surface area (Å²) < 4.78 is 4.52. The summed E-state index contributed by atoms with van der Waals surface area (Å²) in [5.41, 5.74) is 5.19. The highest BCUT2D eigenvalue weighted by Crippen LogP contribution is 2.05. The van der Waals surface area contributed by atoms with E-state index in [1.54, 1.807) is 0 Å². The predicted octanol–water partition coefficient (Wildman–Crippen LogP) is 0.490. The summed E-state index contributed by atoms with van der Waals surface area (Å²) in [5, 5.41) is 2.46. The Balaban J connectivity index is 3.99. The molecule has 0 bridgehead atoms. The fourth-order valence-corrected chi connectivity index (χ4v) is 1.46. The average Bonchev–Trinajstić information content (AvgIpc) is 2.30. The van der Waals surface area contributed by atoms with Crippen molar-refractivity contribution in [2.45, 2.75) is 52.0 Å². The van der Waals surface area contributed by atoms with Crippen LogP contribution >= 0.6 is 0 Å². The number of rotatable bonds is 9. The first-order chi connectivity index (χ1) is 8.47. The second-order valence-electron chi connectivity index (χ2n) is 4.15. The van der Waals surface area contributed by atoms with Gasteiger partial charge in [-0.1, -0.05) is 32.6 Å². The molecule has 0 fully saturated rings. The molecule has 0 radical (unpaired) electrons. The van der Waals surface area contributed by atoms with Crippen LogP contribution in [-0.2, 0) is 19.1 Å². The van der Waals surface area contributed by atoms with Crippen molar-refractivity contribution in [3.05, 3.63) is 0 Å². The van der Waals surface area contributed by atoms with Crippen LogP contribution in [0.3, 0.4) is 0 Å². The van der Waals surface area contributed by atoms with Crippen molar-refractivity contribution in [2.24, 2.45) is 5.73 Å². The molecule has 2 amide bonds. The number of carbonyl (C=O) groups excluding carboxylic acids is 3. The zero-order chi connectivity index (χ0) is 14.0. The molecule has 3 N–H and O–H groups in total. The van der Waals surface area contributed by atoms with Crippen LogP contribution in [0.1, 0.15) is 46.0 Å². The Morgan fingerprint density at radius 3 is 2.39 bits per heavy atom. The molecule has 18 heavy (non-hydrogen) atoms. The Morgan fingerprint density at radius 1 is 1.22 bits per heavy atom. The minimum atomic E-state index is -0.690. The van der Waals surface area contributed by atoms with E-state index in [4.69, 9.17) is 5.73 Å². The molecular weight excluding hydrogens is 236 g/mol. The number of nitrogens with two attached hydrogens (primary N) is 1. The predicted molar refractivity (Wildman–Crippen MR) is 66.5 cm³/mol. The lowest BCUT2D eigenvalue weighted by molar-refractivity contribution is -0.146. The molecular formula is C12H22N2O4. The SMILES string of the molecule is CCCCCC[C@@H](NC(=O)COC(C)=O)C(N)=O. The van der Waals surface area contributed by atoms with Crippen molar-refractivity contribution in [1.82, 2.24) is 5.32 Å². The molecule has 0 aliphatic rings. The molecule has 0 aliphatic heterocycles. The van der Waals surface area contributed by atoms with Gasteiger partial charge in [0.05, 0.1) is 0 Å². The van der Waals surface area contributed by atoms with Crippen LogP contribution in [0.25, 0.3) is 0 Å². The maximum Gasteiger partial charge on any atom is 0.303 e. The third-order valence-corrected chi connectivity index (χ3v) is 2.43. The first-order valence-corrected chi connectivity index (χ1v) is 6.19. The monoisotopic (exact) mass is 258 g/mol. The van der Waals surface area contributed by atoms with Gasteiger partial charge in [-0.25, -0.2) is 0 Å². The van der Waals surface area contributed by atoms with Gasteiger partial charge in [-0.05, 0) is 6.42 Å². The van der Waals surface area contributed by atoms with Gasteiger partial charge in [0, 0.05) is 6.92 Å². The molecule has 6 heteroatoms. The maximum atomic E-state index is 11.4. The number of nitrogens with one attached hydrogen (secondary N) is 1. The van der Waals surface area contributed by atoms with E-state index in [-0.39, 0.29) is 6.61 Å². The molecule has 0 heterocycles. The van der Waals surface area contributed by atoms with E-state index in [0.717, 1.165) is 25.7 Å². The molecule has 0 aliphatic carbocycles. The largest absolute Gasteiger partial charge is 0.456 e. The Hall–Kier alpha value is -1.59. The Bertz CT molecular complexity index is 292. The summed E-state index contributed by atoms with van der Waals surface area (Å²) >= 11 is 0. The lowest BCUT2D eigenvalue weighted by Gasteiger charge is -2.15. The topological polar surface area (TPSA) is 98.5 Å². The molecule has 6 nitrogen and oxygen atoms in total. The second-order valence-corrected chi connectivity index (χ2v) is 4.15. The molecule has 0 spiro atoms. The number of carbonyl (C=O) groups is 3. The van der Waals surface area contributed by atoms with E-state index < -0.39 is 23.8 Å². The van der Waals surface area contributed by atoms with E-state index in [0.29, 0.717) is 6.42 Å². The standard InChI is InChI=1S/C12H22N2O4/c1-3-4-5-6-7-10(12(13)17)14-11(16)8-18-9(2)15/h10H,3-8H2,1-2H3,(H2,13,17)(H,14,16)/t10-/m1/s1. The number of hydrogen-bond acceptors (Lipinski definition) is 4. The van der Waals surface area contributed by atoms with Crippen LogP contribution in [0.5, 0.6) is 0 Å². The lowest BCUT2D eigenvalue weighted by atomic mass is 10.1. The highest BCUT2D eigenvalue weighted by molar-refractivity contribution is 5.87. The fourth-order valence-electron chi connectivity index (χ4n) is 1.46. The van der Waals surface area contributed by atoms with Gasteiger partial charge in [-0.3, -0.25) is 14.4 Å². The quantitative estimate of drug-likeness (QED) is 0.464. The van der Waals surface area contributed by atoms with E-state index in [9.17, 15) is 14.4 Å². The van der Waals surface area contributed by atoms with Crippen LogP contribution in [0.4, 0.5) is 0 Å². The summed E-state index contributed by atoms with van der Waals surface area (Å²) in [6, 6.07) is -0.690. The van der Waals surface area contributed by atoms with E-state index in [1.807, 2.05) is 0 Å². The lowest BCUT2D eigenvalue weighted by Crippen LogP contribution is -2.45. The molecule has 0 rings (SSSR count). The maximum absolute atomic E-state index is 11.4. The number of unbranched alkanes of at least 4 members (excludes halogenated alkanes) is 3. The fraction of sp³-hybridized carbons (Fsp3) is 0.750. The van der Waals surface area contributed by atoms with Gasteiger partial charge in [0.1, 0.15) is 6.04 Å². The van der Waals surface area contributed by atoms with Gasteiger partial charge >= 0.3 is 5.97 Å². The van der Waals surface area contributed by atoms with Gasteiger partial charge in [0.2, 0.25) is 5.91 Å². The van der Waals surface area contributed by atoms with E-state index in [2.05, 4.69) is 17.0 Å². The molecule has 104 valence electrons. The number of amides is 2. The van der Waals surface area contributed by atoms with E-state index in [1.165, 1.54) is 6.92 Å². The number of ether oxygens (including phenoxy) is 1. The number of hydrogen-bond donors (Lipinski definition) is 2. The molecule has 0 aromatic heterocycles. The third kappa shape index (κ3) is 8.55. The highest BCUT2D eigenvalue weighted by atomic mass is 16.5. The zero-order valence-corrected chi connectivity index (χ0v) is 11.0. The van der Waals surface area contributed by atoms with Crippen LogP contribution in [0.15, 0.2) is 0 Å². The molecule has 0 saturated carbocycles. The van der Waals surface area contributed by atoms with Crippen LogP contribution < -0.4 is 11.1 Å². The van der Waals surface area contributed by atoms with Crippen molar-refractivity contribution in [2.75, 3.05) is 6.61 Å². The Morgan fingerprint density at radius 2 is 1.89 bits per heavy atom. The smallest absolute Gasteiger partial charge is 0.303 e. The summed E-state index contributed by atoms with van der Waals surface area (Å²) in [4.78, 5) is 33.0. The molecule has 0 unspecified atom stereocenters. The number of primary amides is 1. The first-order valence-electron chi connectivity index (χ1n) is 6.19. The minimum Gasteiger partial charge on any atom is -0.456 e. The average molecular weight is 258 g/mol. The zero-order valence-electron chi connectivity index (χ0n) is 11.0. The molecule has 0 saturated heterocycles. The number of esters is 1. The summed E-state index contributed by atoms with van der Waals surface area (Å²) in [7, 11) is 0. The Labute approximate surface area is 107 Å². The summed E-state index contributed by atoms with van der Waals surface area (Å²) in [6.45, 7) is 2.92. The first kappa shape index (κ1) is 16.4. The van der Waals surface area contributed by atoms with Crippen LogP contribution in [0, 0.1) is 0 Å². The van der Waals surface area contributed by atoms with Crippen molar-refractivity contribution in [1.29, 1.82) is 0 Å². The minimum absolute atomic E-state index is 0.381. The van der Waals surface area contributed by atoms with Crippen molar-refractivity contribution < 1.29 is 19.1 Å². The summed E-state index contributed by atoms with van der Waals surface area (Å²) in [5.74, 6) is -1.61. The molecule has 0 aromatic rings. The van der Waals surface area contributed by atoms with E-state index >= 15 is 0 Å². The van der Waals surface area contributed by atoms with Crippen molar-refractivity contribution >= 4 is 17.8 Å². The van der Waals surface area contributed by atoms with Crippen LogP contribution in [0.2, 0.25) is 0 Å². The normalized spacial score (nSPS) is 11.7. The summed E-state index contributed by atoms with van der Waals surface area (Å²) in [6.07, 6.45) is 4.53. The van der Waals surface area contributed by atoms with Gasteiger partial charge in [-0.15, -0.1) is 0 Å². The highest BCUT2D eigenvalue weighted by Gasteiger charge is 2.17. The Kier molecular flexibility index (Phi) is 8.61. The van der Waals surface area contributed by atoms with Gasteiger partial charge in [0.15, 0.2) is 6.61 Å². The molecule has 1 atom stereocenters. The van der Waals surface area contributed by atoms with Crippen molar-refractivity contribution in [3.63, 3.8) is 0 Å². The van der Waals surface area contributed by atoms with Crippen molar-refractivity contribution in [3.8, 4) is 0 Å². The van der Waals surface area contributed by atoms with Gasteiger partial charge in [-0.2, -0.15) is 0 Å². The van der Waals surface area contributed by atoms with Crippen LogP contribution in [-0.4, -0.2) is 30.4 Å². The van der Waals surface area contributed by atoms with Gasteiger partial charge < -0.3 is 15.8 Å².